The minimum atomic E-state index is 1.21. The summed E-state index contributed by atoms with van der Waals surface area (Å²) in [5, 5.41) is 0. The maximum absolute atomic E-state index is 2.35. The summed E-state index contributed by atoms with van der Waals surface area (Å²) in [4.78, 5) is 0. The predicted octanol–water partition coefficient (Wildman–Crippen LogP) is 12.6. The molecule has 0 fully saturated rings. The standard InChI is InChI=1S/C45H36/c1-31-17-19-36(20-18-31)42-25-40(34-11-6-4-7-12-34)26-43(28-42)37-15-10-16-38(24-37)44-27-41(35-13-8-5-9-14-35)29-45(30-44)39-22-32(2)21-33(3)23-39/h4-30H,1-3H3. The normalized spacial score (nSPS) is 11.0. The molecule has 0 aliphatic heterocycles. The zero-order chi connectivity index (χ0) is 30.8. The lowest BCUT2D eigenvalue weighted by Gasteiger charge is -2.14. The van der Waals surface area contributed by atoms with Gasteiger partial charge in [-0.25, -0.2) is 0 Å². The van der Waals surface area contributed by atoms with Crippen molar-refractivity contribution in [2.75, 3.05) is 0 Å². The Bertz CT molecular complexity index is 2080. The molecule has 0 nitrogen and oxygen atoms in total. The van der Waals surface area contributed by atoms with E-state index >= 15 is 0 Å². The van der Waals surface area contributed by atoms with Crippen LogP contribution in [0.4, 0.5) is 0 Å². The fourth-order valence-corrected chi connectivity index (χ4v) is 6.28. The number of aryl methyl sites for hydroxylation is 3. The molecule has 0 heteroatoms. The average Bonchev–Trinajstić information content (AvgIpc) is 3.08. The topological polar surface area (TPSA) is 0 Å². The van der Waals surface area contributed by atoms with Crippen molar-refractivity contribution in [3.8, 4) is 66.8 Å². The Morgan fingerprint density at radius 1 is 0.200 bits per heavy atom. The maximum Gasteiger partial charge on any atom is -0.0171 e. The molecule has 0 atom stereocenters. The van der Waals surface area contributed by atoms with Crippen LogP contribution in [-0.4, -0.2) is 0 Å². The van der Waals surface area contributed by atoms with Crippen LogP contribution in [0.15, 0.2) is 164 Å². The van der Waals surface area contributed by atoms with Gasteiger partial charge in [-0.15, -0.1) is 0 Å². The second-order valence-corrected chi connectivity index (χ2v) is 12.2. The van der Waals surface area contributed by atoms with Crippen LogP contribution in [0.3, 0.4) is 0 Å². The predicted molar refractivity (Wildman–Crippen MR) is 193 cm³/mol. The molecule has 7 aromatic carbocycles. The third kappa shape index (κ3) is 6.28. The van der Waals surface area contributed by atoms with Crippen LogP contribution in [-0.2, 0) is 0 Å². The number of hydrogen-bond donors (Lipinski definition) is 0. The van der Waals surface area contributed by atoms with Crippen molar-refractivity contribution in [2.45, 2.75) is 20.8 Å². The summed E-state index contributed by atoms with van der Waals surface area (Å²) in [6, 6.07) is 60.0. The van der Waals surface area contributed by atoms with Gasteiger partial charge in [0, 0.05) is 0 Å². The molecule has 0 aliphatic carbocycles. The summed E-state index contributed by atoms with van der Waals surface area (Å²) in [6.07, 6.45) is 0. The third-order valence-electron chi connectivity index (χ3n) is 8.55. The smallest absolute Gasteiger partial charge is 0.0171 e. The largest absolute Gasteiger partial charge is 0.0622 e. The van der Waals surface area contributed by atoms with E-state index in [1.165, 1.54) is 83.5 Å². The first-order chi connectivity index (χ1) is 22.0. The molecule has 0 bridgehead atoms. The van der Waals surface area contributed by atoms with E-state index in [1.807, 2.05) is 0 Å². The van der Waals surface area contributed by atoms with Crippen LogP contribution in [0.2, 0.25) is 0 Å². The van der Waals surface area contributed by atoms with E-state index in [-0.39, 0.29) is 0 Å². The lowest BCUT2D eigenvalue weighted by Crippen LogP contribution is -1.89. The SMILES string of the molecule is Cc1ccc(-c2cc(-c3ccccc3)cc(-c3cccc(-c4cc(-c5ccccc5)cc(-c5cc(C)cc(C)c5)c4)c3)c2)cc1. The zero-order valence-corrected chi connectivity index (χ0v) is 26.1. The summed E-state index contributed by atoms with van der Waals surface area (Å²) >= 11 is 0. The second kappa shape index (κ2) is 12.3. The van der Waals surface area contributed by atoms with Crippen molar-refractivity contribution in [2.24, 2.45) is 0 Å². The van der Waals surface area contributed by atoms with E-state index < -0.39 is 0 Å². The zero-order valence-electron chi connectivity index (χ0n) is 26.1. The molecule has 0 radical (unpaired) electrons. The summed E-state index contributed by atoms with van der Waals surface area (Å²) in [6.45, 7) is 6.49. The van der Waals surface area contributed by atoms with Gasteiger partial charge in [-0.2, -0.15) is 0 Å². The first kappa shape index (κ1) is 28.3. The van der Waals surface area contributed by atoms with Crippen LogP contribution in [0.1, 0.15) is 16.7 Å². The molecule has 7 rings (SSSR count). The van der Waals surface area contributed by atoms with E-state index in [2.05, 4.69) is 185 Å². The van der Waals surface area contributed by atoms with Crippen molar-refractivity contribution in [3.63, 3.8) is 0 Å². The average molecular weight is 577 g/mol. The van der Waals surface area contributed by atoms with Gasteiger partial charge < -0.3 is 0 Å². The van der Waals surface area contributed by atoms with Gasteiger partial charge in [0.25, 0.3) is 0 Å². The Balaban J connectivity index is 1.38. The van der Waals surface area contributed by atoms with Crippen LogP contribution in [0.25, 0.3) is 66.8 Å². The van der Waals surface area contributed by atoms with Crippen LogP contribution in [0.5, 0.6) is 0 Å². The van der Waals surface area contributed by atoms with E-state index in [9.17, 15) is 0 Å². The van der Waals surface area contributed by atoms with Gasteiger partial charge in [0.05, 0.1) is 0 Å². The first-order valence-corrected chi connectivity index (χ1v) is 15.7. The number of hydrogen-bond acceptors (Lipinski definition) is 0. The van der Waals surface area contributed by atoms with Crippen molar-refractivity contribution >= 4 is 0 Å². The van der Waals surface area contributed by atoms with Crippen molar-refractivity contribution in [1.29, 1.82) is 0 Å². The van der Waals surface area contributed by atoms with Gasteiger partial charge in [-0.3, -0.25) is 0 Å². The Morgan fingerprint density at radius 2 is 0.511 bits per heavy atom. The summed E-state index contributed by atoms with van der Waals surface area (Å²) in [5.41, 5.74) is 18.5. The molecule has 0 amide bonds. The molecule has 0 N–H and O–H groups in total. The van der Waals surface area contributed by atoms with Crippen molar-refractivity contribution in [3.05, 3.63) is 180 Å². The van der Waals surface area contributed by atoms with Gasteiger partial charge in [-0.1, -0.05) is 138 Å². The van der Waals surface area contributed by atoms with Gasteiger partial charge >= 0.3 is 0 Å². The van der Waals surface area contributed by atoms with Gasteiger partial charge in [0.1, 0.15) is 0 Å². The highest BCUT2D eigenvalue weighted by Crippen LogP contribution is 2.37. The fraction of sp³-hybridized carbons (Fsp3) is 0.0667. The third-order valence-corrected chi connectivity index (χ3v) is 8.55. The Hall–Kier alpha value is -5.46. The lowest BCUT2D eigenvalue weighted by molar-refractivity contribution is 1.38. The highest BCUT2D eigenvalue weighted by atomic mass is 14.2. The van der Waals surface area contributed by atoms with Gasteiger partial charge in [0.2, 0.25) is 0 Å². The van der Waals surface area contributed by atoms with Crippen LogP contribution >= 0.6 is 0 Å². The molecule has 0 heterocycles. The van der Waals surface area contributed by atoms with Gasteiger partial charge in [0.15, 0.2) is 0 Å². The van der Waals surface area contributed by atoms with E-state index in [4.69, 9.17) is 0 Å². The summed E-state index contributed by atoms with van der Waals surface area (Å²) in [7, 11) is 0. The molecule has 0 aliphatic rings. The first-order valence-electron chi connectivity index (χ1n) is 15.7. The molecule has 0 unspecified atom stereocenters. The second-order valence-electron chi connectivity index (χ2n) is 12.2. The molecule has 0 aromatic heterocycles. The minimum Gasteiger partial charge on any atom is -0.0622 e. The Morgan fingerprint density at radius 3 is 0.956 bits per heavy atom. The molecule has 0 spiro atoms. The highest BCUT2D eigenvalue weighted by Gasteiger charge is 2.12. The molecule has 45 heavy (non-hydrogen) atoms. The number of rotatable bonds is 6. The molecule has 0 saturated heterocycles. The molecule has 7 aromatic rings. The monoisotopic (exact) mass is 576 g/mol. The van der Waals surface area contributed by atoms with Crippen molar-refractivity contribution < 1.29 is 0 Å². The quantitative estimate of drug-likeness (QED) is 0.185. The summed E-state index contributed by atoms with van der Waals surface area (Å²) < 4.78 is 0. The van der Waals surface area contributed by atoms with E-state index in [0.29, 0.717) is 0 Å². The maximum atomic E-state index is 2.35. The highest BCUT2D eigenvalue weighted by molar-refractivity contribution is 5.85. The van der Waals surface area contributed by atoms with Crippen LogP contribution in [0, 0.1) is 20.8 Å². The summed E-state index contributed by atoms with van der Waals surface area (Å²) in [5.74, 6) is 0. The van der Waals surface area contributed by atoms with E-state index in [1.54, 1.807) is 0 Å². The molecule has 216 valence electrons. The minimum absolute atomic E-state index is 1.21. The molecular weight excluding hydrogens is 540 g/mol. The van der Waals surface area contributed by atoms with Gasteiger partial charge in [-0.05, 0) is 130 Å². The molecular formula is C45H36. The fourth-order valence-electron chi connectivity index (χ4n) is 6.28. The van der Waals surface area contributed by atoms with E-state index in [0.717, 1.165) is 0 Å². The Kier molecular flexibility index (Phi) is 7.72. The molecule has 0 saturated carbocycles. The van der Waals surface area contributed by atoms with Crippen molar-refractivity contribution in [1.82, 2.24) is 0 Å². The van der Waals surface area contributed by atoms with Crippen LogP contribution < -0.4 is 0 Å². The lowest BCUT2D eigenvalue weighted by atomic mass is 9.90. The number of benzene rings is 7. The Labute approximate surface area is 267 Å².